The van der Waals surface area contributed by atoms with E-state index in [4.69, 9.17) is 11.6 Å². The van der Waals surface area contributed by atoms with Gasteiger partial charge >= 0.3 is 165 Å². The van der Waals surface area contributed by atoms with Gasteiger partial charge in [0.05, 0.1) is 0 Å². The molecule has 0 saturated heterocycles. The van der Waals surface area contributed by atoms with Crippen LogP contribution < -0.4 is 4.46 Å². The number of hydrogen-bond donors (Lipinski definition) is 0. The molecular weight excluding hydrogens is 395 g/mol. The second kappa shape index (κ2) is 7.37. The van der Waals surface area contributed by atoms with Crippen LogP contribution in [0.4, 0.5) is 0 Å². The van der Waals surface area contributed by atoms with Crippen molar-refractivity contribution in [2.45, 2.75) is 69.5 Å². The van der Waals surface area contributed by atoms with Gasteiger partial charge in [-0.15, -0.1) is 0 Å². The first-order valence-electron chi connectivity index (χ1n) is 9.67. The molecule has 0 N–H and O–H groups in total. The molecule has 5 atom stereocenters. The van der Waals surface area contributed by atoms with Gasteiger partial charge in [-0.2, -0.15) is 0 Å². The second-order valence-electron chi connectivity index (χ2n) is 8.89. The molecule has 0 bridgehead atoms. The fourth-order valence-corrected chi connectivity index (χ4v) is 8.05. The van der Waals surface area contributed by atoms with E-state index in [-0.39, 0.29) is 22.1 Å². The van der Waals surface area contributed by atoms with Gasteiger partial charge in [-0.25, -0.2) is 0 Å². The van der Waals surface area contributed by atoms with Crippen molar-refractivity contribution in [1.82, 2.24) is 0 Å². The summed E-state index contributed by atoms with van der Waals surface area (Å²) in [4.78, 5) is 13.8. The van der Waals surface area contributed by atoms with Gasteiger partial charge in [0, 0.05) is 0 Å². The first-order valence-corrected chi connectivity index (χ1v) is 11.9. The Labute approximate surface area is 164 Å². The average Bonchev–Trinajstić information content (AvgIpc) is 2.90. The predicted molar refractivity (Wildman–Crippen MR) is 108 cm³/mol. The van der Waals surface area contributed by atoms with Gasteiger partial charge in [0.25, 0.3) is 0 Å². The van der Waals surface area contributed by atoms with Crippen LogP contribution in [-0.2, 0) is 4.79 Å². The van der Waals surface area contributed by atoms with Crippen molar-refractivity contribution in [2.24, 2.45) is 23.2 Å². The molecule has 2 saturated carbocycles. The van der Waals surface area contributed by atoms with Gasteiger partial charge < -0.3 is 0 Å². The van der Waals surface area contributed by atoms with Gasteiger partial charge in [-0.05, 0) is 0 Å². The summed E-state index contributed by atoms with van der Waals surface area (Å²) in [6.07, 6.45) is 5.88. The third-order valence-electron chi connectivity index (χ3n) is 6.64. The van der Waals surface area contributed by atoms with E-state index >= 15 is 0 Å². The van der Waals surface area contributed by atoms with E-state index in [1.165, 1.54) is 23.7 Å². The Morgan fingerprint density at radius 1 is 1.16 bits per heavy atom. The SMILES string of the molecule is C[C@@H]1C(=O)[C@H]2[C@H](C(C)(C)Cl)CC[C@]2(C)CCC[C@H]1[Se]c1ccccc1. The van der Waals surface area contributed by atoms with Crippen LogP contribution in [-0.4, -0.2) is 25.6 Å². The van der Waals surface area contributed by atoms with E-state index in [0.29, 0.717) is 31.5 Å². The van der Waals surface area contributed by atoms with Crippen molar-refractivity contribution in [3.8, 4) is 0 Å². The predicted octanol–water partition coefficient (Wildman–Crippen LogP) is 5.24. The molecule has 0 heterocycles. The molecule has 1 nitrogen and oxygen atoms in total. The monoisotopic (exact) mass is 426 g/mol. The molecule has 0 unspecified atom stereocenters. The Hall–Kier alpha value is -0.301. The van der Waals surface area contributed by atoms with Crippen molar-refractivity contribution in [1.29, 1.82) is 0 Å². The normalized spacial score (nSPS) is 36.6. The molecule has 2 aliphatic carbocycles. The number of hydrogen-bond acceptors (Lipinski definition) is 1. The maximum atomic E-state index is 13.6. The number of fused-ring (bicyclic) bond motifs is 1. The minimum atomic E-state index is -0.295. The number of halogens is 1. The molecule has 25 heavy (non-hydrogen) atoms. The Morgan fingerprint density at radius 2 is 1.84 bits per heavy atom. The molecule has 1 aromatic rings. The van der Waals surface area contributed by atoms with Crippen LogP contribution in [0.25, 0.3) is 0 Å². The van der Waals surface area contributed by atoms with E-state index in [1.807, 2.05) is 0 Å². The van der Waals surface area contributed by atoms with Crippen LogP contribution in [0.3, 0.4) is 0 Å². The zero-order chi connectivity index (χ0) is 18.2. The van der Waals surface area contributed by atoms with Crippen molar-refractivity contribution in [3.63, 3.8) is 0 Å². The number of ketones is 1. The third kappa shape index (κ3) is 4.02. The van der Waals surface area contributed by atoms with Crippen molar-refractivity contribution in [2.75, 3.05) is 0 Å². The van der Waals surface area contributed by atoms with Gasteiger partial charge in [-0.1, -0.05) is 0 Å². The molecule has 0 amide bonds. The maximum absolute atomic E-state index is 13.6. The average molecular weight is 426 g/mol. The molecule has 2 aliphatic rings. The summed E-state index contributed by atoms with van der Waals surface area (Å²) in [5.41, 5.74) is 0.160. The first kappa shape index (κ1) is 19.5. The summed E-state index contributed by atoms with van der Waals surface area (Å²) in [6.45, 7) is 8.76. The number of carbonyl (C=O) groups is 1. The van der Waals surface area contributed by atoms with E-state index in [1.54, 1.807) is 0 Å². The third-order valence-corrected chi connectivity index (χ3v) is 10.1. The number of carbonyl (C=O) groups excluding carboxylic acids is 1. The summed E-state index contributed by atoms with van der Waals surface area (Å²) in [5, 5.41) is 0. The topological polar surface area (TPSA) is 17.1 Å². The fraction of sp³-hybridized carbons (Fsp3) is 0.682. The molecule has 1 aromatic carbocycles. The van der Waals surface area contributed by atoms with Crippen LogP contribution in [0.2, 0.25) is 4.82 Å². The summed E-state index contributed by atoms with van der Waals surface area (Å²) in [6, 6.07) is 10.8. The van der Waals surface area contributed by atoms with Gasteiger partial charge in [0.1, 0.15) is 0 Å². The molecule has 138 valence electrons. The summed E-state index contributed by atoms with van der Waals surface area (Å²) >= 11 is 7.12. The first-order chi connectivity index (χ1) is 11.7. The fourth-order valence-electron chi connectivity index (χ4n) is 5.11. The van der Waals surface area contributed by atoms with Crippen molar-refractivity contribution < 1.29 is 4.79 Å². The molecule has 0 spiro atoms. The van der Waals surface area contributed by atoms with Crippen molar-refractivity contribution in [3.05, 3.63) is 30.3 Å². The number of rotatable bonds is 3. The summed E-state index contributed by atoms with van der Waals surface area (Å²) in [5.74, 6) is 1.12. The van der Waals surface area contributed by atoms with Crippen LogP contribution in [0.15, 0.2) is 30.3 Å². The molecule has 3 rings (SSSR count). The van der Waals surface area contributed by atoms with Crippen molar-refractivity contribution >= 4 is 36.8 Å². The number of alkyl halides is 1. The van der Waals surface area contributed by atoms with Crippen LogP contribution >= 0.6 is 11.6 Å². The van der Waals surface area contributed by atoms with E-state index in [0.717, 1.165) is 12.8 Å². The van der Waals surface area contributed by atoms with Gasteiger partial charge in [0.2, 0.25) is 0 Å². The Bertz CT molecular complexity index is 608. The Kier molecular flexibility index (Phi) is 5.74. The standard InChI is InChI=1S/C22H31ClOSe/c1-15-18(25-16-9-6-5-7-10-16)11-8-13-22(4)14-12-17(21(2,3)23)19(22)20(15)24/h5-7,9-10,15,17-19H,8,11-14H2,1-4H3/t15-,17+,18+,19+,22-/m0/s1. The minimum absolute atomic E-state index is 0.143. The molecule has 2 fully saturated rings. The van der Waals surface area contributed by atoms with E-state index in [2.05, 4.69) is 58.0 Å². The van der Waals surface area contributed by atoms with Crippen LogP contribution in [0.5, 0.6) is 0 Å². The molecule has 0 aromatic heterocycles. The molecule has 0 aliphatic heterocycles. The summed E-state index contributed by atoms with van der Waals surface area (Å²) < 4.78 is 1.42. The van der Waals surface area contributed by atoms with E-state index < -0.39 is 0 Å². The van der Waals surface area contributed by atoms with Gasteiger partial charge in [0.15, 0.2) is 0 Å². The molecule has 0 radical (unpaired) electrons. The zero-order valence-corrected chi connectivity index (χ0v) is 18.4. The second-order valence-corrected chi connectivity index (χ2v) is 12.6. The van der Waals surface area contributed by atoms with Crippen LogP contribution in [0.1, 0.15) is 59.8 Å². The van der Waals surface area contributed by atoms with Crippen LogP contribution in [0, 0.1) is 23.2 Å². The van der Waals surface area contributed by atoms with Gasteiger partial charge in [-0.3, -0.25) is 0 Å². The quantitative estimate of drug-likeness (QED) is 0.478. The molecule has 3 heteroatoms. The number of Topliss-reactive ketones (excluding diaryl/α,β-unsaturated/α-hetero) is 1. The Morgan fingerprint density at radius 3 is 2.48 bits per heavy atom. The Balaban J connectivity index is 1.85. The number of benzene rings is 1. The van der Waals surface area contributed by atoms with E-state index in [9.17, 15) is 4.79 Å². The molecular formula is C22H31ClOSe. The summed E-state index contributed by atoms with van der Waals surface area (Å²) in [7, 11) is 0. The zero-order valence-electron chi connectivity index (χ0n) is 15.9.